The number of carbonyl (C=O) groups is 1. The molecule has 2 aromatic rings. The summed E-state index contributed by atoms with van der Waals surface area (Å²) in [5, 5.41) is 9.84. The van der Waals surface area contributed by atoms with Gasteiger partial charge in [-0.1, -0.05) is 42.3 Å². The molecular formula is C17H17Cl2N3OS. The second-order valence-corrected chi connectivity index (χ2v) is 6.28. The number of amides is 1. The van der Waals surface area contributed by atoms with E-state index in [1.165, 1.54) is 5.56 Å². The Bertz CT molecular complexity index is 735. The summed E-state index contributed by atoms with van der Waals surface area (Å²) >= 11 is 17.1. The molecule has 4 nitrogen and oxygen atoms in total. The highest BCUT2D eigenvalue weighted by atomic mass is 35.5. The Kier molecular flexibility index (Phi) is 6.85. The monoisotopic (exact) mass is 381 g/mol. The van der Waals surface area contributed by atoms with E-state index >= 15 is 0 Å². The van der Waals surface area contributed by atoms with Crippen molar-refractivity contribution in [1.82, 2.24) is 5.32 Å². The van der Waals surface area contributed by atoms with E-state index in [0.29, 0.717) is 20.8 Å². The molecule has 0 fully saturated rings. The lowest BCUT2D eigenvalue weighted by atomic mass is 10.1. The Labute approximate surface area is 156 Å². The molecule has 0 aromatic heterocycles. The highest BCUT2D eigenvalue weighted by Crippen LogP contribution is 2.25. The maximum Gasteiger partial charge on any atom is 0.243 e. The molecule has 126 valence electrons. The van der Waals surface area contributed by atoms with Gasteiger partial charge in [-0.2, -0.15) is 0 Å². The van der Waals surface area contributed by atoms with E-state index in [2.05, 4.69) is 22.9 Å². The standard InChI is InChI=1S/C17H17Cl2N3OS/c1-2-11-3-6-13(7-4-11)21-17(24)20-10-16(23)22-15-9-12(18)5-8-14(15)19/h3-9H,2,10H2,1H3,(H,22,23)(H2,20,21,24). The number of thiocarbonyl (C=S) groups is 1. The Morgan fingerprint density at radius 3 is 2.46 bits per heavy atom. The second-order valence-electron chi connectivity index (χ2n) is 5.03. The first-order chi connectivity index (χ1) is 11.5. The molecule has 0 aliphatic carbocycles. The predicted octanol–water partition coefficient (Wildman–Crippen LogP) is 4.48. The molecule has 2 aromatic carbocycles. The van der Waals surface area contributed by atoms with Gasteiger partial charge in [-0.15, -0.1) is 0 Å². The van der Waals surface area contributed by atoms with Gasteiger partial charge in [0.05, 0.1) is 17.3 Å². The summed E-state index contributed by atoms with van der Waals surface area (Å²) in [6, 6.07) is 12.8. The molecule has 1 amide bonds. The van der Waals surface area contributed by atoms with Crippen LogP contribution >= 0.6 is 35.4 Å². The van der Waals surface area contributed by atoms with E-state index in [4.69, 9.17) is 35.4 Å². The van der Waals surface area contributed by atoms with Crippen molar-refractivity contribution in [2.24, 2.45) is 0 Å². The van der Waals surface area contributed by atoms with Crippen molar-refractivity contribution in [3.63, 3.8) is 0 Å². The number of hydrogen-bond acceptors (Lipinski definition) is 2. The van der Waals surface area contributed by atoms with E-state index in [-0.39, 0.29) is 12.5 Å². The normalized spacial score (nSPS) is 10.1. The fourth-order valence-corrected chi connectivity index (χ4v) is 2.47. The maximum absolute atomic E-state index is 12.0. The molecule has 0 bridgehead atoms. The number of halogens is 2. The minimum absolute atomic E-state index is 0.0156. The largest absolute Gasteiger partial charge is 0.353 e. The molecule has 0 radical (unpaired) electrons. The third-order valence-electron chi connectivity index (χ3n) is 3.23. The quantitative estimate of drug-likeness (QED) is 0.668. The van der Waals surface area contributed by atoms with Gasteiger partial charge >= 0.3 is 0 Å². The Hall–Kier alpha value is -1.82. The lowest BCUT2D eigenvalue weighted by Gasteiger charge is -2.12. The van der Waals surface area contributed by atoms with Crippen LogP contribution in [-0.2, 0) is 11.2 Å². The summed E-state index contributed by atoms with van der Waals surface area (Å²) in [4.78, 5) is 12.0. The first kappa shape index (κ1) is 18.5. The lowest BCUT2D eigenvalue weighted by molar-refractivity contribution is -0.115. The number of nitrogens with one attached hydrogen (secondary N) is 3. The summed E-state index contributed by atoms with van der Waals surface area (Å²) in [6.07, 6.45) is 0.981. The molecule has 24 heavy (non-hydrogen) atoms. The highest BCUT2D eigenvalue weighted by molar-refractivity contribution is 7.80. The zero-order chi connectivity index (χ0) is 17.5. The summed E-state index contributed by atoms with van der Waals surface area (Å²) in [6.45, 7) is 2.11. The van der Waals surface area contributed by atoms with Crippen LogP contribution in [0.5, 0.6) is 0 Å². The second kappa shape index (κ2) is 8.87. The van der Waals surface area contributed by atoms with Crippen molar-refractivity contribution >= 4 is 57.8 Å². The van der Waals surface area contributed by atoms with Crippen molar-refractivity contribution in [2.75, 3.05) is 17.2 Å². The number of rotatable bonds is 5. The summed E-state index contributed by atoms with van der Waals surface area (Å²) in [7, 11) is 0. The number of anilines is 2. The average molecular weight is 382 g/mol. The first-order valence-corrected chi connectivity index (χ1v) is 8.53. The molecule has 3 N–H and O–H groups in total. The van der Waals surface area contributed by atoms with Gasteiger partial charge in [0.25, 0.3) is 0 Å². The number of carbonyl (C=O) groups excluding carboxylic acids is 1. The molecule has 0 aliphatic heterocycles. The fourth-order valence-electron chi connectivity index (χ4n) is 1.95. The van der Waals surface area contributed by atoms with Crippen LogP contribution in [0.4, 0.5) is 11.4 Å². The van der Waals surface area contributed by atoms with E-state index in [1.807, 2.05) is 24.3 Å². The van der Waals surface area contributed by atoms with E-state index in [1.54, 1.807) is 18.2 Å². The van der Waals surface area contributed by atoms with Crippen LogP contribution in [-0.4, -0.2) is 17.6 Å². The molecule has 0 aliphatic rings. The van der Waals surface area contributed by atoms with E-state index in [0.717, 1.165) is 12.1 Å². The number of benzene rings is 2. The summed E-state index contributed by atoms with van der Waals surface area (Å²) in [5.74, 6) is -0.273. The molecular weight excluding hydrogens is 365 g/mol. The molecule has 0 spiro atoms. The fraction of sp³-hybridized carbons (Fsp3) is 0.176. The first-order valence-electron chi connectivity index (χ1n) is 7.36. The van der Waals surface area contributed by atoms with Gasteiger partial charge < -0.3 is 16.0 Å². The Morgan fingerprint density at radius 1 is 1.08 bits per heavy atom. The zero-order valence-electron chi connectivity index (χ0n) is 13.0. The van der Waals surface area contributed by atoms with Crippen molar-refractivity contribution < 1.29 is 4.79 Å². The van der Waals surface area contributed by atoms with Crippen molar-refractivity contribution in [3.05, 3.63) is 58.1 Å². The zero-order valence-corrected chi connectivity index (χ0v) is 15.4. The summed E-state index contributed by atoms with van der Waals surface area (Å²) < 4.78 is 0. The molecule has 0 saturated heterocycles. The molecule has 0 unspecified atom stereocenters. The minimum Gasteiger partial charge on any atom is -0.353 e. The van der Waals surface area contributed by atoms with Crippen LogP contribution in [0.1, 0.15) is 12.5 Å². The van der Waals surface area contributed by atoms with Crippen LogP contribution < -0.4 is 16.0 Å². The van der Waals surface area contributed by atoms with Gasteiger partial charge in [-0.3, -0.25) is 4.79 Å². The number of hydrogen-bond donors (Lipinski definition) is 3. The summed E-state index contributed by atoms with van der Waals surface area (Å²) in [5.41, 5.74) is 2.57. The number of aryl methyl sites for hydroxylation is 1. The third-order valence-corrected chi connectivity index (χ3v) is 4.04. The topological polar surface area (TPSA) is 53.2 Å². The molecule has 0 atom stereocenters. The van der Waals surface area contributed by atoms with Gasteiger partial charge in [-0.05, 0) is 54.5 Å². The molecule has 7 heteroatoms. The third kappa shape index (κ3) is 5.67. The van der Waals surface area contributed by atoms with Crippen molar-refractivity contribution in [1.29, 1.82) is 0 Å². The van der Waals surface area contributed by atoms with E-state index < -0.39 is 0 Å². The van der Waals surface area contributed by atoms with Crippen molar-refractivity contribution in [3.8, 4) is 0 Å². The van der Waals surface area contributed by atoms with Crippen LogP contribution in [0, 0.1) is 0 Å². The lowest BCUT2D eigenvalue weighted by Crippen LogP contribution is -2.35. The van der Waals surface area contributed by atoms with Gasteiger partial charge in [0, 0.05) is 10.7 Å². The average Bonchev–Trinajstić information content (AvgIpc) is 2.57. The minimum atomic E-state index is -0.273. The highest BCUT2D eigenvalue weighted by Gasteiger charge is 2.07. The van der Waals surface area contributed by atoms with Crippen molar-refractivity contribution in [2.45, 2.75) is 13.3 Å². The Morgan fingerprint density at radius 2 is 1.79 bits per heavy atom. The van der Waals surface area contributed by atoms with Crippen LogP contribution in [0.3, 0.4) is 0 Å². The van der Waals surface area contributed by atoms with Gasteiger partial charge in [0.1, 0.15) is 0 Å². The maximum atomic E-state index is 12.0. The van der Waals surface area contributed by atoms with Crippen LogP contribution in [0.25, 0.3) is 0 Å². The van der Waals surface area contributed by atoms with Crippen LogP contribution in [0.15, 0.2) is 42.5 Å². The van der Waals surface area contributed by atoms with E-state index in [9.17, 15) is 4.79 Å². The molecule has 2 rings (SSSR count). The van der Waals surface area contributed by atoms with Gasteiger partial charge in [-0.25, -0.2) is 0 Å². The SMILES string of the molecule is CCc1ccc(NC(=S)NCC(=O)Nc2cc(Cl)ccc2Cl)cc1. The van der Waals surface area contributed by atoms with Crippen LogP contribution in [0.2, 0.25) is 10.0 Å². The smallest absolute Gasteiger partial charge is 0.243 e. The molecule has 0 saturated carbocycles. The Balaban J connectivity index is 1.82. The van der Waals surface area contributed by atoms with Gasteiger partial charge in [0.2, 0.25) is 5.91 Å². The van der Waals surface area contributed by atoms with Gasteiger partial charge in [0.15, 0.2) is 5.11 Å². The molecule has 0 heterocycles. The predicted molar refractivity (Wildman–Crippen MR) is 105 cm³/mol.